The fourth-order valence-electron chi connectivity index (χ4n) is 2.57. The molecule has 22 heavy (non-hydrogen) atoms. The van der Waals surface area contributed by atoms with Crippen LogP contribution in [0.5, 0.6) is 0 Å². The van der Waals surface area contributed by atoms with E-state index in [1.807, 2.05) is 18.2 Å². The number of aromatic nitrogens is 4. The van der Waals surface area contributed by atoms with Crippen molar-refractivity contribution in [3.8, 4) is 11.6 Å². The zero-order valence-electron chi connectivity index (χ0n) is 12.0. The van der Waals surface area contributed by atoms with Crippen LogP contribution in [0.25, 0.3) is 16.5 Å². The minimum atomic E-state index is 0.275. The highest BCUT2D eigenvalue weighted by Gasteiger charge is 2.20. The van der Waals surface area contributed by atoms with Gasteiger partial charge in [0.1, 0.15) is 5.01 Å². The second-order valence-electron chi connectivity index (χ2n) is 5.01. The summed E-state index contributed by atoms with van der Waals surface area (Å²) in [6, 6.07) is 14.1. The van der Waals surface area contributed by atoms with E-state index in [4.69, 9.17) is 9.52 Å². The summed E-state index contributed by atoms with van der Waals surface area (Å²) >= 11 is 1.58. The smallest absolute Gasteiger partial charge is 0.235 e. The highest BCUT2D eigenvalue weighted by molar-refractivity contribution is 7.16. The molecule has 0 saturated carbocycles. The molecule has 0 spiro atoms. The largest absolute Gasteiger partial charge is 0.461 e. The number of hydrogen-bond donors (Lipinski definition) is 0. The molecule has 0 fully saturated rings. The molecule has 4 aromatic rings. The third kappa shape index (κ3) is 2.12. The van der Waals surface area contributed by atoms with Crippen molar-refractivity contribution >= 4 is 16.3 Å². The molecule has 3 aromatic heterocycles. The Labute approximate surface area is 131 Å². The first-order valence-corrected chi connectivity index (χ1v) is 7.99. The van der Waals surface area contributed by atoms with E-state index < -0.39 is 0 Å². The third-order valence-corrected chi connectivity index (χ3v) is 4.67. The van der Waals surface area contributed by atoms with Crippen molar-refractivity contribution in [2.75, 3.05) is 0 Å². The van der Waals surface area contributed by atoms with Crippen molar-refractivity contribution in [1.82, 2.24) is 19.8 Å². The highest BCUT2D eigenvalue weighted by atomic mass is 32.1. The molecular weight excluding hydrogens is 296 g/mol. The lowest BCUT2D eigenvalue weighted by Gasteiger charge is -2.11. The lowest BCUT2D eigenvalue weighted by atomic mass is 9.97. The van der Waals surface area contributed by atoms with E-state index in [2.05, 4.69) is 41.4 Å². The van der Waals surface area contributed by atoms with Crippen LogP contribution in [0.2, 0.25) is 0 Å². The molecule has 110 valence electrons. The molecule has 0 radical (unpaired) electrons. The maximum Gasteiger partial charge on any atom is 0.235 e. The molecule has 4 rings (SSSR count). The quantitative estimate of drug-likeness (QED) is 0.572. The molecular formula is C16H14N4OS. The van der Waals surface area contributed by atoms with Crippen molar-refractivity contribution in [1.29, 1.82) is 0 Å². The predicted molar refractivity (Wildman–Crippen MR) is 84.9 cm³/mol. The molecule has 0 aliphatic heterocycles. The molecule has 0 N–H and O–H groups in total. The van der Waals surface area contributed by atoms with Gasteiger partial charge in [-0.05, 0) is 24.1 Å². The van der Waals surface area contributed by atoms with Gasteiger partial charge in [-0.15, -0.1) is 10.2 Å². The molecule has 0 aliphatic carbocycles. The van der Waals surface area contributed by atoms with Crippen molar-refractivity contribution < 1.29 is 4.42 Å². The molecule has 5 nitrogen and oxygen atoms in total. The summed E-state index contributed by atoms with van der Waals surface area (Å²) < 4.78 is 7.18. The van der Waals surface area contributed by atoms with Crippen LogP contribution in [0, 0.1) is 0 Å². The molecule has 0 aliphatic rings. The second kappa shape index (κ2) is 5.38. The van der Waals surface area contributed by atoms with E-state index in [1.165, 1.54) is 5.56 Å². The molecule has 3 heterocycles. The van der Waals surface area contributed by atoms with Crippen LogP contribution in [0.4, 0.5) is 0 Å². The van der Waals surface area contributed by atoms with Gasteiger partial charge in [-0.1, -0.05) is 48.6 Å². The standard InChI is InChI=1S/C16H14N4OS/c1-2-12(11-7-4-3-5-8-11)15-19-20-14(13-9-6-10-21-13)17-18-16(20)22-15/h3-10,12H,2H2,1H3. The topological polar surface area (TPSA) is 56.2 Å². The number of hydrogen-bond acceptors (Lipinski definition) is 5. The summed E-state index contributed by atoms with van der Waals surface area (Å²) in [5.74, 6) is 1.60. The Kier molecular flexibility index (Phi) is 3.23. The monoisotopic (exact) mass is 310 g/mol. The molecule has 6 heteroatoms. The van der Waals surface area contributed by atoms with Gasteiger partial charge >= 0.3 is 0 Å². The van der Waals surface area contributed by atoms with Gasteiger partial charge in [-0.2, -0.15) is 9.61 Å². The highest BCUT2D eigenvalue weighted by Crippen LogP contribution is 2.32. The lowest BCUT2D eigenvalue weighted by Crippen LogP contribution is -2.00. The van der Waals surface area contributed by atoms with Gasteiger partial charge in [0.25, 0.3) is 0 Å². The van der Waals surface area contributed by atoms with Crippen LogP contribution >= 0.6 is 11.3 Å². The fraction of sp³-hybridized carbons (Fsp3) is 0.188. The summed E-state index contributed by atoms with van der Waals surface area (Å²) in [7, 11) is 0. The van der Waals surface area contributed by atoms with Crippen LogP contribution < -0.4 is 0 Å². The van der Waals surface area contributed by atoms with Crippen molar-refractivity contribution in [3.63, 3.8) is 0 Å². The predicted octanol–water partition coefficient (Wildman–Crippen LogP) is 3.99. The molecule has 1 aromatic carbocycles. The Morgan fingerprint density at radius 1 is 1.14 bits per heavy atom. The third-order valence-electron chi connectivity index (χ3n) is 3.66. The van der Waals surface area contributed by atoms with Crippen molar-refractivity contribution in [2.24, 2.45) is 0 Å². The van der Waals surface area contributed by atoms with E-state index in [0.29, 0.717) is 11.6 Å². The van der Waals surface area contributed by atoms with E-state index >= 15 is 0 Å². The van der Waals surface area contributed by atoms with E-state index in [-0.39, 0.29) is 5.92 Å². The van der Waals surface area contributed by atoms with E-state index in [1.54, 1.807) is 22.1 Å². The summed E-state index contributed by atoms with van der Waals surface area (Å²) in [4.78, 5) is 0.788. The maximum atomic E-state index is 5.41. The van der Waals surface area contributed by atoms with Gasteiger partial charge in [0.2, 0.25) is 10.8 Å². The second-order valence-corrected chi connectivity index (χ2v) is 5.99. The number of furan rings is 1. The number of benzene rings is 1. The molecule has 1 atom stereocenters. The Morgan fingerprint density at radius 3 is 2.73 bits per heavy atom. The molecule has 0 amide bonds. The van der Waals surface area contributed by atoms with Gasteiger partial charge < -0.3 is 4.42 Å². The average molecular weight is 310 g/mol. The first-order valence-electron chi connectivity index (χ1n) is 7.17. The van der Waals surface area contributed by atoms with Gasteiger partial charge in [0, 0.05) is 5.92 Å². The Morgan fingerprint density at radius 2 is 2.00 bits per heavy atom. The first-order chi connectivity index (χ1) is 10.9. The zero-order valence-corrected chi connectivity index (χ0v) is 12.8. The molecule has 0 bridgehead atoms. The van der Waals surface area contributed by atoms with Gasteiger partial charge in [0.05, 0.1) is 6.26 Å². The van der Waals surface area contributed by atoms with Gasteiger partial charge in [-0.3, -0.25) is 0 Å². The summed E-state index contributed by atoms with van der Waals surface area (Å²) in [5, 5.41) is 14.2. The Balaban J connectivity index is 1.80. The van der Waals surface area contributed by atoms with Crippen molar-refractivity contribution in [3.05, 3.63) is 59.3 Å². The number of rotatable bonds is 4. The normalized spacial score (nSPS) is 12.8. The summed E-state index contributed by atoms with van der Waals surface area (Å²) in [6.07, 6.45) is 2.62. The average Bonchev–Trinajstić information content (AvgIpc) is 3.25. The molecule has 0 saturated heterocycles. The minimum Gasteiger partial charge on any atom is -0.461 e. The number of nitrogens with zero attached hydrogens (tertiary/aromatic N) is 4. The van der Waals surface area contributed by atoms with E-state index in [0.717, 1.165) is 16.4 Å². The van der Waals surface area contributed by atoms with E-state index in [9.17, 15) is 0 Å². The first kappa shape index (κ1) is 13.2. The van der Waals surface area contributed by atoms with Crippen LogP contribution in [-0.2, 0) is 0 Å². The van der Waals surface area contributed by atoms with Gasteiger partial charge in [0.15, 0.2) is 5.76 Å². The SMILES string of the molecule is CCC(c1ccccc1)c1nn2c(-c3ccco3)nnc2s1. The summed E-state index contributed by atoms with van der Waals surface area (Å²) in [5.41, 5.74) is 1.27. The maximum absolute atomic E-state index is 5.41. The zero-order chi connectivity index (χ0) is 14.9. The van der Waals surface area contributed by atoms with Crippen LogP contribution in [0.1, 0.15) is 29.8 Å². The summed E-state index contributed by atoms with van der Waals surface area (Å²) in [6.45, 7) is 2.17. The van der Waals surface area contributed by atoms with Crippen molar-refractivity contribution in [2.45, 2.75) is 19.3 Å². The Hall–Kier alpha value is -2.47. The van der Waals surface area contributed by atoms with Crippen LogP contribution in [0.15, 0.2) is 53.1 Å². The lowest BCUT2D eigenvalue weighted by molar-refractivity contribution is 0.574. The molecule has 1 unspecified atom stereocenters. The van der Waals surface area contributed by atoms with Crippen LogP contribution in [0.3, 0.4) is 0 Å². The van der Waals surface area contributed by atoms with Gasteiger partial charge in [-0.25, -0.2) is 0 Å². The fourth-order valence-corrected chi connectivity index (χ4v) is 3.62. The minimum absolute atomic E-state index is 0.275. The number of fused-ring (bicyclic) bond motifs is 1. The van der Waals surface area contributed by atoms with Crippen LogP contribution in [-0.4, -0.2) is 19.8 Å². The Bertz CT molecular complexity index is 880.